The van der Waals surface area contributed by atoms with Crippen LogP contribution in [0.1, 0.15) is 12.8 Å². The first-order valence-corrected chi connectivity index (χ1v) is 4.41. The molecule has 1 aliphatic rings. The van der Waals surface area contributed by atoms with Gasteiger partial charge in [-0.25, -0.2) is 0 Å². The Morgan fingerprint density at radius 1 is 1.50 bits per heavy atom. The molecule has 1 rings (SSSR count). The minimum Gasteiger partial charge on any atom is -0.254 e. The lowest BCUT2D eigenvalue weighted by atomic mass is 10.1. The van der Waals surface area contributed by atoms with Gasteiger partial charge >= 0.3 is 0 Å². The molecular weight excluding hydrogens is 193 g/mol. The van der Waals surface area contributed by atoms with Crippen LogP contribution in [0.25, 0.3) is 0 Å². The fraction of sp³-hybridized carbons (Fsp3) is 0.222. The molecule has 1 nitrogen and oxygen atoms in total. The third kappa shape index (κ3) is 2.23. The van der Waals surface area contributed by atoms with Crippen molar-refractivity contribution in [2.75, 3.05) is 0 Å². The first kappa shape index (κ1) is 9.56. The van der Waals surface area contributed by atoms with Gasteiger partial charge in [-0.05, 0) is 12.8 Å². The van der Waals surface area contributed by atoms with Crippen molar-refractivity contribution in [2.45, 2.75) is 12.8 Å². The highest BCUT2D eigenvalue weighted by Crippen LogP contribution is 2.30. The summed E-state index contributed by atoms with van der Waals surface area (Å²) in [7, 11) is 0. The van der Waals surface area contributed by atoms with Crippen LogP contribution >= 0.6 is 23.2 Å². The van der Waals surface area contributed by atoms with E-state index in [2.05, 4.69) is 11.6 Å². The molecule has 0 spiro atoms. The van der Waals surface area contributed by atoms with Gasteiger partial charge in [-0.15, -0.1) is 0 Å². The van der Waals surface area contributed by atoms with Crippen LogP contribution in [-0.2, 0) is 0 Å². The molecule has 0 aromatic heterocycles. The summed E-state index contributed by atoms with van der Waals surface area (Å²) >= 11 is 11.8. The molecule has 0 saturated carbocycles. The number of aliphatic imine (C=N–C) groups is 1. The van der Waals surface area contributed by atoms with Crippen molar-refractivity contribution in [3.05, 3.63) is 34.5 Å². The zero-order chi connectivity index (χ0) is 8.97. The average molecular weight is 202 g/mol. The van der Waals surface area contributed by atoms with Crippen molar-refractivity contribution in [1.82, 2.24) is 0 Å². The minimum atomic E-state index is 0.629. The number of hydrogen-bond donors (Lipinski definition) is 0. The van der Waals surface area contributed by atoms with Crippen molar-refractivity contribution in [3.8, 4) is 0 Å². The number of rotatable bonds is 2. The van der Waals surface area contributed by atoms with Crippen molar-refractivity contribution >= 4 is 29.4 Å². The van der Waals surface area contributed by atoms with Crippen LogP contribution in [0.15, 0.2) is 39.5 Å². The molecule has 12 heavy (non-hydrogen) atoms. The van der Waals surface area contributed by atoms with Gasteiger partial charge < -0.3 is 0 Å². The maximum absolute atomic E-state index is 5.92. The standard InChI is InChI=1S/C9H9Cl2N/c1-2-6-12-9-7(10)4-3-5-8(9)11/h2,4,6H,1,3,5H2/b12-6+. The molecule has 1 aliphatic carbocycles. The normalized spacial score (nSPS) is 18.3. The predicted molar refractivity (Wildman–Crippen MR) is 54.7 cm³/mol. The molecule has 3 heteroatoms. The number of halogens is 2. The molecule has 64 valence electrons. The third-order valence-electron chi connectivity index (χ3n) is 1.48. The van der Waals surface area contributed by atoms with E-state index in [4.69, 9.17) is 23.2 Å². The zero-order valence-electron chi connectivity index (χ0n) is 6.56. The van der Waals surface area contributed by atoms with E-state index in [1.165, 1.54) is 0 Å². The molecule has 0 atom stereocenters. The summed E-state index contributed by atoms with van der Waals surface area (Å²) in [6.07, 6.45) is 6.81. The summed E-state index contributed by atoms with van der Waals surface area (Å²) in [6, 6.07) is 0. The topological polar surface area (TPSA) is 12.4 Å². The Bertz CT molecular complexity index is 274. The first-order chi connectivity index (χ1) is 5.75. The summed E-state index contributed by atoms with van der Waals surface area (Å²) in [5.41, 5.74) is 0.671. The van der Waals surface area contributed by atoms with E-state index in [9.17, 15) is 0 Å². The van der Waals surface area contributed by atoms with E-state index in [0.29, 0.717) is 10.7 Å². The summed E-state index contributed by atoms with van der Waals surface area (Å²) < 4.78 is 0. The Balaban J connectivity index is 2.90. The van der Waals surface area contributed by atoms with Gasteiger partial charge in [0.25, 0.3) is 0 Å². The van der Waals surface area contributed by atoms with E-state index in [1.807, 2.05) is 6.08 Å². The van der Waals surface area contributed by atoms with Gasteiger partial charge in [-0.1, -0.05) is 41.9 Å². The second-order valence-electron chi connectivity index (χ2n) is 2.36. The predicted octanol–water partition coefficient (Wildman–Crippen LogP) is 3.61. The Hall–Kier alpha value is -0.530. The van der Waals surface area contributed by atoms with E-state index < -0.39 is 0 Å². The fourth-order valence-corrected chi connectivity index (χ4v) is 1.51. The van der Waals surface area contributed by atoms with Gasteiger partial charge in [0.05, 0.1) is 10.7 Å². The fourth-order valence-electron chi connectivity index (χ4n) is 0.929. The van der Waals surface area contributed by atoms with E-state index in [1.54, 1.807) is 12.3 Å². The lowest BCUT2D eigenvalue weighted by Crippen LogP contribution is -1.91. The number of allylic oxidation sites excluding steroid dienone is 4. The molecule has 0 amide bonds. The second-order valence-corrected chi connectivity index (χ2v) is 3.22. The van der Waals surface area contributed by atoms with Crippen molar-refractivity contribution in [1.29, 1.82) is 0 Å². The maximum Gasteiger partial charge on any atom is 0.0957 e. The number of hydrogen-bond acceptors (Lipinski definition) is 1. The molecule has 0 unspecified atom stereocenters. The Kier molecular flexibility index (Phi) is 3.57. The molecule has 0 heterocycles. The van der Waals surface area contributed by atoms with Crippen LogP contribution in [0.3, 0.4) is 0 Å². The maximum atomic E-state index is 5.92. The van der Waals surface area contributed by atoms with Gasteiger partial charge in [0.15, 0.2) is 0 Å². The van der Waals surface area contributed by atoms with Crippen LogP contribution in [0, 0.1) is 0 Å². The smallest absolute Gasteiger partial charge is 0.0957 e. The van der Waals surface area contributed by atoms with E-state index >= 15 is 0 Å². The highest BCUT2D eigenvalue weighted by atomic mass is 35.5. The molecular formula is C9H9Cl2N. The van der Waals surface area contributed by atoms with Crippen LogP contribution in [0.5, 0.6) is 0 Å². The van der Waals surface area contributed by atoms with Crippen LogP contribution in [0.2, 0.25) is 0 Å². The molecule has 0 fully saturated rings. The van der Waals surface area contributed by atoms with Crippen molar-refractivity contribution < 1.29 is 0 Å². The van der Waals surface area contributed by atoms with Crippen LogP contribution in [0.4, 0.5) is 0 Å². The molecule has 0 aromatic rings. The molecule has 0 aromatic carbocycles. The quantitative estimate of drug-likeness (QED) is 0.606. The van der Waals surface area contributed by atoms with Gasteiger partial charge in [0.2, 0.25) is 0 Å². The second kappa shape index (κ2) is 4.48. The highest BCUT2D eigenvalue weighted by Gasteiger charge is 2.10. The van der Waals surface area contributed by atoms with Gasteiger partial charge in [0, 0.05) is 11.2 Å². The van der Waals surface area contributed by atoms with Crippen molar-refractivity contribution in [2.24, 2.45) is 4.99 Å². The van der Waals surface area contributed by atoms with E-state index in [0.717, 1.165) is 17.9 Å². The van der Waals surface area contributed by atoms with Crippen molar-refractivity contribution in [3.63, 3.8) is 0 Å². The van der Waals surface area contributed by atoms with Crippen LogP contribution in [-0.4, -0.2) is 6.21 Å². The Morgan fingerprint density at radius 3 is 2.83 bits per heavy atom. The molecule has 0 bridgehead atoms. The lowest BCUT2D eigenvalue weighted by molar-refractivity contribution is 0.984. The summed E-state index contributed by atoms with van der Waals surface area (Å²) in [5.74, 6) is 0. The first-order valence-electron chi connectivity index (χ1n) is 3.65. The molecule has 0 saturated heterocycles. The largest absolute Gasteiger partial charge is 0.254 e. The third-order valence-corrected chi connectivity index (χ3v) is 2.18. The van der Waals surface area contributed by atoms with Gasteiger partial charge in [0.1, 0.15) is 0 Å². The highest BCUT2D eigenvalue weighted by molar-refractivity contribution is 6.36. The number of nitrogens with zero attached hydrogens (tertiary/aromatic N) is 1. The SMILES string of the molecule is C=C/C=N/C1=C(Cl)CCC=C1Cl. The summed E-state index contributed by atoms with van der Waals surface area (Å²) in [4.78, 5) is 4.07. The summed E-state index contributed by atoms with van der Waals surface area (Å²) in [5, 5.41) is 1.35. The van der Waals surface area contributed by atoms with E-state index in [-0.39, 0.29) is 0 Å². The Labute approximate surface area is 82.1 Å². The lowest BCUT2D eigenvalue weighted by Gasteiger charge is -2.09. The zero-order valence-corrected chi connectivity index (χ0v) is 8.07. The van der Waals surface area contributed by atoms with Crippen LogP contribution < -0.4 is 0 Å². The summed E-state index contributed by atoms with van der Waals surface area (Å²) in [6.45, 7) is 3.52. The minimum absolute atomic E-state index is 0.629. The molecule has 0 N–H and O–H groups in total. The Morgan fingerprint density at radius 2 is 2.25 bits per heavy atom. The van der Waals surface area contributed by atoms with Gasteiger partial charge in [-0.3, -0.25) is 4.99 Å². The molecule has 0 aliphatic heterocycles. The molecule has 0 radical (unpaired) electrons. The average Bonchev–Trinajstić information content (AvgIpc) is 2.04. The monoisotopic (exact) mass is 201 g/mol. The van der Waals surface area contributed by atoms with Gasteiger partial charge in [-0.2, -0.15) is 0 Å².